The fraction of sp³-hybridized carbons (Fsp3) is 0.526. The van der Waals surface area contributed by atoms with Gasteiger partial charge in [0.2, 0.25) is 0 Å². The fourth-order valence-electron chi connectivity index (χ4n) is 3.06. The first-order chi connectivity index (χ1) is 11.5. The molecule has 0 bridgehead atoms. The van der Waals surface area contributed by atoms with Crippen LogP contribution >= 0.6 is 0 Å². The summed E-state index contributed by atoms with van der Waals surface area (Å²) < 4.78 is 11.0. The molecule has 0 unspecified atom stereocenters. The first-order valence-electron chi connectivity index (χ1n) is 8.49. The minimum absolute atomic E-state index is 0.189. The van der Waals surface area contributed by atoms with E-state index in [9.17, 15) is 4.79 Å². The summed E-state index contributed by atoms with van der Waals surface area (Å²) in [5.74, 6) is 0.157. The van der Waals surface area contributed by atoms with Gasteiger partial charge in [0, 0.05) is 43.2 Å². The molecule has 0 saturated carbocycles. The summed E-state index contributed by atoms with van der Waals surface area (Å²) >= 11 is 0. The number of nitrogens with zero attached hydrogens (tertiary/aromatic N) is 1. The Morgan fingerprint density at radius 3 is 2.50 bits per heavy atom. The monoisotopic (exact) mass is 332 g/mol. The number of carbonyl (C=O) groups excluding carboxylic acids is 1. The van der Waals surface area contributed by atoms with Crippen molar-refractivity contribution < 1.29 is 13.9 Å². The van der Waals surface area contributed by atoms with Crippen molar-refractivity contribution in [1.29, 1.82) is 0 Å². The first-order valence-corrected chi connectivity index (χ1v) is 8.49. The summed E-state index contributed by atoms with van der Waals surface area (Å²) in [4.78, 5) is 14.9. The lowest BCUT2D eigenvalue weighted by Crippen LogP contribution is -2.42. The second-order valence-corrected chi connectivity index (χ2v) is 6.52. The highest BCUT2D eigenvalue weighted by molar-refractivity contribution is 5.99. The Morgan fingerprint density at radius 2 is 1.88 bits per heavy atom. The highest BCUT2D eigenvalue weighted by atomic mass is 16.5. The van der Waals surface area contributed by atoms with E-state index >= 15 is 0 Å². The molecule has 1 heterocycles. The van der Waals surface area contributed by atoms with Gasteiger partial charge in [-0.15, -0.1) is 0 Å². The molecular formula is C19H28N2O3. The quantitative estimate of drug-likeness (QED) is 0.805. The van der Waals surface area contributed by atoms with Gasteiger partial charge in [0.05, 0.1) is 6.61 Å². The van der Waals surface area contributed by atoms with Crippen LogP contribution in [0, 0.1) is 0 Å². The average Bonchev–Trinajstić information content (AvgIpc) is 2.90. The van der Waals surface area contributed by atoms with Crippen molar-refractivity contribution in [3.05, 3.63) is 35.6 Å². The van der Waals surface area contributed by atoms with Crippen LogP contribution in [0.5, 0.6) is 0 Å². The van der Waals surface area contributed by atoms with Gasteiger partial charge in [-0.1, -0.05) is 18.2 Å². The summed E-state index contributed by atoms with van der Waals surface area (Å²) in [5.41, 5.74) is 1.51. The molecule has 5 heteroatoms. The summed E-state index contributed by atoms with van der Waals surface area (Å²) in [6.45, 7) is 10.4. The number of nitrogens with one attached hydrogen (secondary N) is 1. The van der Waals surface area contributed by atoms with Gasteiger partial charge < -0.3 is 14.5 Å². The molecule has 132 valence electrons. The normalized spacial score (nSPS) is 11.8. The van der Waals surface area contributed by atoms with Crippen molar-refractivity contribution in [1.82, 2.24) is 10.2 Å². The molecule has 1 amide bonds. The molecule has 0 spiro atoms. The fourth-order valence-corrected chi connectivity index (χ4v) is 3.06. The Bertz CT molecular complexity index is 668. The Kier molecular flexibility index (Phi) is 6.40. The van der Waals surface area contributed by atoms with Crippen molar-refractivity contribution in [3.63, 3.8) is 0 Å². The molecule has 1 aromatic carbocycles. The van der Waals surface area contributed by atoms with E-state index in [1.165, 1.54) is 0 Å². The molecule has 2 rings (SSSR count). The minimum Gasteiger partial charge on any atom is -0.451 e. The van der Waals surface area contributed by atoms with Gasteiger partial charge in [0.15, 0.2) is 5.76 Å². The van der Waals surface area contributed by atoms with Crippen LogP contribution in [0.3, 0.4) is 0 Å². The summed E-state index contributed by atoms with van der Waals surface area (Å²) in [6, 6.07) is 8.53. The molecule has 0 aliphatic heterocycles. The summed E-state index contributed by atoms with van der Waals surface area (Å²) in [7, 11) is 1.62. The maximum atomic E-state index is 12.6. The van der Waals surface area contributed by atoms with Crippen molar-refractivity contribution >= 4 is 16.9 Å². The van der Waals surface area contributed by atoms with Gasteiger partial charge in [-0.25, -0.2) is 0 Å². The number of hydrogen-bond donors (Lipinski definition) is 1. The third-order valence-corrected chi connectivity index (χ3v) is 4.18. The molecule has 0 radical (unpaired) electrons. The van der Waals surface area contributed by atoms with Crippen LogP contribution in [0.1, 0.15) is 43.8 Å². The van der Waals surface area contributed by atoms with E-state index in [1.807, 2.05) is 24.3 Å². The smallest absolute Gasteiger partial charge is 0.287 e. The molecule has 1 N–H and O–H groups in total. The third-order valence-electron chi connectivity index (χ3n) is 4.18. The lowest BCUT2D eigenvalue weighted by molar-refractivity contribution is 0.0907. The van der Waals surface area contributed by atoms with Crippen LogP contribution in [0.2, 0.25) is 0 Å². The van der Waals surface area contributed by atoms with E-state index in [2.05, 4.69) is 37.9 Å². The SMILES string of the molecule is COCc1c(C(=O)NCCN(C(C)C)C(C)C)oc2ccccc12. The Morgan fingerprint density at radius 1 is 1.21 bits per heavy atom. The molecule has 0 fully saturated rings. The standard InChI is InChI=1S/C19H28N2O3/c1-13(2)21(14(3)4)11-10-20-19(22)18-16(12-23-5)15-8-6-7-9-17(15)24-18/h6-9,13-14H,10-12H2,1-5H3,(H,20,22). The number of rotatable bonds is 8. The number of furan rings is 1. The number of hydrogen-bond acceptors (Lipinski definition) is 4. The van der Waals surface area contributed by atoms with Crippen molar-refractivity contribution in [2.24, 2.45) is 0 Å². The Hall–Kier alpha value is -1.85. The maximum Gasteiger partial charge on any atom is 0.287 e. The minimum atomic E-state index is -0.189. The second-order valence-electron chi connectivity index (χ2n) is 6.52. The number of para-hydroxylation sites is 1. The first kappa shape index (κ1) is 18.5. The van der Waals surface area contributed by atoms with E-state index < -0.39 is 0 Å². The number of amides is 1. The molecule has 2 aromatic rings. The van der Waals surface area contributed by atoms with Crippen LogP contribution in [-0.4, -0.2) is 43.1 Å². The lowest BCUT2D eigenvalue weighted by Gasteiger charge is -2.30. The predicted molar refractivity (Wildman–Crippen MR) is 96.2 cm³/mol. The van der Waals surface area contributed by atoms with Gasteiger partial charge in [-0.3, -0.25) is 9.69 Å². The van der Waals surface area contributed by atoms with Crippen LogP contribution in [-0.2, 0) is 11.3 Å². The molecule has 0 aliphatic rings. The van der Waals surface area contributed by atoms with Gasteiger partial charge in [-0.2, -0.15) is 0 Å². The third kappa shape index (κ3) is 4.16. The van der Waals surface area contributed by atoms with E-state index in [0.717, 1.165) is 17.5 Å². The molecule has 5 nitrogen and oxygen atoms in total. The van der Waals surface area contributed by atoms with E-state index in [1.54, 1.807) is 7.11 Å². The van der Waals surface area contributed by atoms with Gasteiger partial charge in [-0.05, 0) is 33.8 Å². The zero-order valence-corrected chi connectivity index (χ0v) is 15.3. The van der Waals surface area contributed by atoms with Crippen LogP contribution in [0.15, 0.2) is 28.7 Å². The Balaban J connectivity index is 2.09. The van der Waals surface area contributed by atoms with Crippen molar-refractivity contribution in [3.8, 4) is 0 Å². The molecule has 1 aromatic heterocycles. The van der Waals surface area contributed by atoms with Crippen molar-refractivity contribution in [2.75, 3.05) is 20.2 Å². The second kappa shape index (κ2) is 8.31. The largest absolute Gasteiger partial charge is 0.451 e. The van der Waals surface area contributed by atoms with E-state index in [0.29, 0.717) is 36.6 Å². The van der Waals surface area contributed by atoms with Crippen LogP contribution in [0.25, 0.3) is 11.0 Å². The number of carbonyl (C=O) groups is 1. The van der Waals surface area contributed by atoms with Crippen LogP contribution in [0.4, 0.5) is 0 Å². The van der Waals surface area contributed by atoms with Gasteiger partial charge >= 0.3 is 0 Å². The zero-order valence-electron chi connectivity index (χ0n) is 15.3. The zero-order chi connectivity index (χ0) is 17.7. The highest BCUT2D eigenvalue weighted by Gasteiger charge is 2.20. The van der Waals surface area contributed by atoms with Crippen molar-refractivity contribution in [2.45, 2.75) is 46.4 Å². The number of benzene rings is 1. The number of ether oxygens (including phenoxy) is 1. The predicted octanol–water partition coefficient (Wildman–Crippen LogP) is 3.43. The molecule has 24 heavy (non-hydrogen) atoms. The molecule has 0 aliphatic carbocycles. The van der Waals surface area contributed by atoms with Crippen LogP contribution < -0.4 is 5.32 Å². The molecule has 0 atom stereocenters. The summed E-state index contributed by atoms with van der Waals surface area (Å²) in [5, 5.41) is 3.90. The number of fused-ring (bicyclic) bond motifs is 1. The highest BCUT2D eigenvalue weighted by Crippen LogP contribution is 2.26. The Labute approximate surface area is 144 Å². The maximum absolute atomic E-state index is 12.6. The average molecular weight is 332 g/mol. The number of methoxy groups -OCH3 is 1. The molecule has 0 saturated heterocycles. The van der Waals surface area contributed by atoms with Gasteiger partial charge in [0.1, 0.15) is 5.58 Å². The topological polar surface area (TPSA) is 54.7 Å². The van der Waals surface area contributed by atoms with E-state index in [-0.39, 0.29) is 5.91 Å². The molecular weight excluding hydrogens is 304 g/mol. The van der Waals surface area contributed by atoms with Gasteiger partial charge in [0.25, 0.3) is 5.91 Å². The van der Waals surface area contributed by atoms with E-state index in [4.69, 9.17) is 9.15 Å². The summed E-state index contributed by atoms with van der Waals surface area (Å²) in [6.07, 6.45) is 0. The lowest BCUT2D eigenvalue weighted by atomic mass is 10.1.